The minimum Gasteiger partial charge on any atom is -0.367 e. The number of nitrogens with zero attached hydrogens (tertiary/aromatic N) is 3. The highest BCUT2D eigenvalue weighted by atomic mass is 35.5. The van der Waals surface area contributed by atoms with Gasteiger partial charge in [0, 0.05) is 39.1 Å². The summed E-state index contributed by atoms with van der Waals surface area (Å²) in [6.45, 7) is 5.61. The lowest BCUT2D eigenvalue weighted by atomic mass is 10.2. The standard InChI is InChI=1S/C22H24Cl2FN5O/c1-14(22-27-18-12-15(23)16(24)13-19(18)28-22)26-21(31)6-7-29-8-10-30(11-9-29)20-5-3-2-4-17(20)25/h2-5,12-14H,6-11H2,1H3,(H,26,31)(H,27,28)/t14-/m0/s1. The molecule has 1 aliphatic heterocycles. The van der Waals surface area contributed by atoms with E-state index in [1.165, 1.54) is 6.07 Å². The van der Waals surface area contributed by atoms with Crippen LogP contribution < -0.4 is 10.2 Å². The average molecular weight is 464 g/mol. The lowest BCUT2D eigenvalue weighted by Crippen LogP contribution is -2.47. The maximum absolute atomic E-state index is 14.0. The molecule has 9 heteroatoms. The number of benzene rings is 2. The van der Waals surface area contributed by atoms with E-state index in [0.29, 0.717) is 40.0 Å². The quantitative estimate of drug-likeness (QED) is 0.568. The fraction of sp³-hybridized carbons (Fsp3) is 0.364. The summed E-state index contributed by atoms with van der Waals surface area (Å²) in [6.07, 6.45) is 0.391. The lowest BCUT2D eigenvalue weighted by Gasteiger charge is -2.36. The molecule has 2 N–H and O–H groups in total. The van der Waals surface area contributed by atoms with Crippen LogP contribution in [0.1, 0.15) is 25.2 Å². The molecular formula is C22H24Cl2FN5O. The third-order valence-corrected chi connectivity index (χ3v) is 6.27. The predicted octanol–water partition coefficient (Wildman–Crippen LogP) is 4.40. The number of carbonyl (C=O) groups excluding carboxylic acids is 1. The first-order valence-corrected chi connectivity index (χ1v) is 11.0. The van der Waals surface area contributed by atoms with E-state index in [1.807, 2.05) is 17.9 Å². The number of hydrogen-bond acceptors (Lipinski definition) is 4. The van der Waals surface area contributed by atoms with E-state index in [9.17, 15) is 9.18 Å². The number of carbonyl (C=O) groups is 1. The van der Waals surface area contributed by atoms with Crippen molar-refractivity contribution in [3.05, 3.63) is 58.1 Å². The number of nitrogens with one attached hydrogen (secondary N) is 2. The molecule has 0 saturated carbocycles. The van der Waals surface area contributed by atoms with Gasteiger partial charge in [-0.3, -0.25) is 9.69 Å². The largest absolute Gasteiger partial charge is 0.367 e. The van der Waals surface area contributed by atoms with Gasteiger partial charge in [-0.05, 0) is 31.2 Å². The second-order valence-corrected chi connectivity index (χ2v) is 8.54. The smallest absolute Gasteiger partial charge is 0.221 e. The van der Waals surface area contributed by atoms with Gasteiger partial charge in [0.1, 0.15) is 11.6 Å². The molecule has 31 heavy (non-hydrogen) atoms. The molecule has 0 radical (unpaired) electrons. The van der Waals surface area contributed by atoms with Crippen molar-refractivity contribution in [2.24, 2.45) is 0 Å². The summed E-state index contributed by atoms with van der Waals surface area (Å²) in [5.74, 6) is 0.417. The summed E-state index contributed by atoms with van der Waals surface area (Å²) >= 11 is 12.1. The van der Waals surface area contributed by atoms with Crippen molar-refractivity contribution in [1.82, 2.24) is 20.2 Å². The number of aromatic nitrogens is 2. The van der Waals surface area contributed by atoms with Crippen LogP contribution in [0.4, 0.5) is 10.1 Å². The van der Waals surface area contributed by atoms with Gasteiger partial charge in [-0.1, -0.05) is 35.3 Å². The Hall–Kier alpha value is -2.35. The number of amides is 1. The summed E-state index contributed by atoms with van der Waals surface area (Å²) < 4.78 is 14.0. The predicted molar refractivity (Wildman–Crippen MR) is 122 cm³/mol. The monoisotopic (exact) mass is 463 g/mol. The highest BCUT2D eigenvalue weighted by molar-refractivity contribution is 6.42. The van der Waals surface area contributed by atoms with Crippen LogP contribution in [0.15, 0.2) is 36.4 Å². The highest BCUT2D eigenvalue weighted by Gasteiger charge is 2.20. The Bertz CT molecular complexity index is 1040. The third kappa shape index (κ3) is 5.11. The third-order valence-electron chi connectivity index (χ3n) is 5.55. The van der Waals surface area contributed by atoms with Crippen molar-refractivity contribution in [3.63, 3.8) is 0 Å². The number of H-pyrrole nitrogens is 1. The van der Waals surface area contributed by atoms with Crippen molar-refractivity contribution < 1.29 is 9.18 Å². The van der Waals surface area contributed by atoms with Crippen LogP contribution in [0.5, 0.6) is 0 Å². The molecule has 0 spiro atoms. The van der Waals surface area contributed by atoms with E-state index >= 15 is 0 Å². The molecule has 2 aromatic carbocycles. The van der Waals surface area contributed by atoms with Gasteiger partial charge < -0.3 is 15.2 Å². The Labute approximate surface area is 190 Å². The minimum absolute atomic E-state index is 0.0412. The van der Waals surface area contributed by atoms with Crippen LogP contribution in [-0.4, -0.2) is 53.5 Å². The van der Waals surface area contributed by atoms with Gasteiger partial charge in [0.05, 0.1) is 32.8 Å². The van der Waals surface area contributed by atoms with E-state index in [2.05, 4.69) is 20.2 Å². The zero-order valence-corrected chi connectivity index (χ0v) is 18.7. The van der Waals surface area contributed by atoms with Gasteiger partial charge in [0.15, 0.2) is 0 Å². The number of anilines is 1. The first kappa shape index (κ1) is 21.9. The minimum atomic E-state index is -0.268. The number of imidazole rings is 1. The molecule has 0 unspecified atom stereocenters. The Balaban J connectivity index is 1.25. The molecule has 6 nitrogen and oxygen atoms in total. The summed E-state index contributed by atoms with van der Waals surface area (Å²) in [7, 11) is 0. The first-order valence-electron chi connectivity index (χ1n) is 10.3. The normalized spacial score (nSPS) is 15.9. The SMILES string of the molecule is C[C@H](NC(=O)CCN1CCN(c2ccccc2F)CC1)c1nc2cc(Cl)c(Cl)cc2[nH]1. The zero-order chi connectivity index (χ0) is 22.0. The zero-order valence-electron chi connectivity index (χ0n) is 17.2. The Morgan fingerprint density at radius 2 is 1.90 bits per heavy atom. The molecule has 0 bridgehead atoms. The highest BCUT2D eigenvalue weighted by Crippen LogP contribution is 2.27. The summed E-state index contributed by atoms with van der Waals surface area (Å²) in [5, 5.41) is 3.88. The number of fused-ring (bicyclic) bond motifs is 1. The number of halogens is 3. The van der Waals surface area contributed by atoms with Gasteiger partial charge in [0.25, 0.3) is 0 Å². The maximum atomic E-state index is 14.0. The number of hydrogen-bond donors (Lipinski definition) is 2. The van der Waals surface area contributed by atoms with Crippen molar-refractivity contribution in [1.29, 1.82) is 0 Å². The fourth-order valence-electron chi connectivity index (χ4n) is 3.79. The van der Waals surface area contributed by atoms with Crippen LogP contribution in [0.25, 0.3) is 11.0 Å². The molecule has 1 aromatic heterocycles. The van der Waals surface area contributed by atoms with Gasteiger partial charge in [0.2, 0.25) is 5.91 Å². The number of para-hydroxylation sites is 1. The van der Waals surface area contributed by atoms with E-state index in [4.69, 9.17) is 23.2 Å². The molecule has 0 aliphatic carbocycles. The molecule has 4 rings (SSSR count). The van der Waals surface area contributed by atoms with E-state index in [0.717, 1.165) is 31.7 Å². The summed E-state index contributed by atoms with van der Waals surface area (Å²) in [4.78, 5) is 24.4. The van der Waals surface area contributed by atoms with Crippen molar-refractivity contribution >= 4 is 45.8 Å². The van der Waals surface area contributed by atoms with Gasteiger partial charge >= 0.3 is 0 Å². The van der Waals surface area contributed by atoms with Crippen LogP contribution in [0, 0.1) is 5.82 Å². The van der Waals surface area contributed by atoms with E-state index < -0.39 is 0 Å². The van der Waals surface area contributed by atoms with E-state index in [1.54, 1.807) is 24.3 Å². The Morgan fingerprint density at radius 1 is 1.19 bits per heavy atom. The first-order chi connectivity index (χ1) is 14.9. The Morgan fingerprint density at radius 3 is 2.65 bits per heavy atom. The second kappa shape index (κ2) is 9.42. The molecular weight excluding hydrogens is 440 g/mol. The summed E-state index contributed by atoms with van der Waals surface area (Å²) in [5.41, 5.74) is 2.12. The van der Waals surface area contributed by atoms with E-state index in [-0.39, 0.29) is 17.8 Å². The van der Waals surface area contributed by atoms with Crippen molar-refractivity contribution in [3.8, 4) is 0 Å². The van der Waals surface area contributed by atoms with Crippen LogP contribution in [-0.2, 0) is 4.79 Å². The molecule has 2 heterocycles. The van der Waals surface area contributed by atoms with Gasteiger partial charge in [-0.2, -0.15) is 0 Å². The molecule has 3 aromatic rings. The van der Waals surface area contributed by atoms with Crippen LogP contribution in [0.3, 0.4) is 0 Å². The molecule has 164 valence electrons. The molecule has 1 atom stereocenters. The second-order valence-electron chi connectivity index (χ2n) is 7.72. The Kier molecular flexibility index (Phi) is 6.65. The number of aromatic amines is 1. The average Bonchev–Trinajstić information content (AvgIpc) is 3.16. The number of rotatable bonds is 6. The van der Waals surface area contributed by atoms with Gasteiger partial charge in [-0.15, -0.1) is 0 Å². The van der Waals surface area contributed by atoms with Crippen LogP contribution in [0.2, 0.25) is 10.0 Å². The van der Waals surface area contributed by atoms with Crippen molar-refractivity contribution in [2.45, 2.75) is 19.4 Å². The fourth-order valence-corrected chi connectivity index (χ4v) is 4.11. The van der Waals surface area contributed by atoms with Crippen molar-refractivity contribution in [2.75, 3.05) is 37.6 Å². The van der Waals surface area contributed by atoms with Crippen LogP contribution >= 0.6 is 23.2 Å². The maximum Gasteiger partial charge on any atom is 0.221 e. The molecule has 1 aliphatic rings. The molecule has 1 saturated heterocycles. The number of piperazine rings is 1. The van der Waals surface area contributed by atoms with Gasteiger partial charge in [-0.25, -0.2) is 9.37 Å². The lowest BCUT2D eigenvalue weighted by molar-refractivity contribution is -0.122. The summed E-state index contributed by atoms with van der Waals surface area (Å²) in [6, 6.07) is 10.00. The molecule has 1 amide bonds. The molecule has 1 fully saturated rings. The topological polar surface area (TPSA) is 64.3 Å².